The zero-order valence-corrected chi connectivity index (χ0v) is 19.5. The summed E-state index contributed by atoms with van der Waals surface area (Å²) < 4.78 is 18.8. The van der Waals surface area contributed by atoms with Crippen molar-refractivity contribution in [3.8, 4) is 0 Å². The Labute approximate surface area is 211 Å². The SMILES string of the molecule is O=C(N[C@H](Cc1ccccc1)C(=O)N[C@@H](Cc1ccc(F)c([N+](=O)[O-])c1)C(=O)O)OCc1ccccc1. The molecule has 0 aliphatic rings. The zero-order chi connectivity index (χ0) is 26.8. The maximum atomic E-state index is 13.7. The van der Waals surface area contributed by atoms with Gasteiger partial charge in [-0.1, -0.05) is 66.7 Å². The number of hydrogen-bond acceptors (Lipinski definition) is 6. The summed E-state index contributed by atoms with van der Waals surface area (Å²) in [6.07, 6.45) is -1.18. The summed E-state index contributed by atoms with van der Waals surface area (Å²) in [5, 5.41) is 25.5. The number of ether oxygens (including phenoxy) is 1. The van der Waals surface area contributed by atoms with E-state index in [9.17, 15) is 34.0 Å². The number of carbonyl (C=O) groups excluding carboxylic acids is 2. The van der Waals surface area contributed by atoms with Gasteiger partial charge in [0.2, 0.25) is 11.7 Å². The molecule has 0 bridgehead atoms. The molecule has 0 fully saturated rings. The van der Waals surface area contributed by atoms with Crippen LogP contribution >= 0.6 is 0 Å². The summed E-state index contributed by atoms with van der Waals surface area (Å²) in [6.45, 7) is -0.0343. The van der Waals surface area contributed by atoms with E-state index in [1.807, 2.05) is 6.07 Å². The van der Waals surface area contributed by atoms with E-state index in [4.69, 9.17) is 4.74 Å². The van der Waals surface area contributed by atoms with E-state index in [2.05, 4.69) is 10.6 Å². The van der Waals surface area contributed by atoms with Crippen molar-refractivity contribution in [2.45, 2.75) is 31.5 Å². The summed E-state index contributed by atoms with van der Waals surface area (Å²) >= 11 is 0. The molecule has 0 aromatic heterocycles. The number of nitrogens with zero attached hydrogens (tertiary/aromatic N) is 1. The van der Waals surface area contributed by atoms with Crippen molar-refractivity contribution < 1.29 is 33.5 Å². The fraction of sp³-hybridized carbons (Fsp3) is 0.192. The number of nitrogens with one attached hydrogen (secondary N) is 2. The van der Waals surface area contributed by atoms with Gasteiger partial charge in [0.1, 0.15) is 18.7 Å². The lowest BCUT2D eigenvalue weighted by atomic mass is 10.0. The fourth-order valence-electron chi connectivity index (χ4n) is 3.50. The Balaban J connectivity index is 1.73. The van der Waals surface area contributed by atoms with E-state index in [0.29, 0.717) is 5.56 Å². The molecule has 2 amide bonds. The van der Waals surface area contributed by atoms with Crippen LogP contribution in [0.4, 0.5) is 14.9 Å². The molecule has 0 aliphatic carbocycles. The standard InChI is InChI=1S/C26H24FN3O7/c27-20-12-11-19(15-23(20)30(35)36)14-22(25(32)33)28-24(31)21(13-17-7-3-1-4-8-17)29-26(34)37-16-18-9-5-2-6-10-18/h1-12,15,21-22H,13-14,16H2,(H,28,31)(H,29,34)(H,32,33)/t21-,22+/m1/s1. The number of carbonyl (C=O) groups is 3. The van der Waals surface area contributed by atoms with Crippen LogP contribution in [0.1, 0.15) is 16.7 Å². The molecule has 0 spiro atoms. The molecule has 192 valence electrons. The van der Waals surface area contributed by atoms with Crippen LogP contribution in [0.3, 0.4) is 0 Å². The van der Waals surface area contributed by atoms with Crippen molar-refractivity contribution >= 4 is 23.7 Å². The van der Waals surface area contributed by atoms with E-state index < -0.39 is 46.5 Å². The molecule has 37 heavy (non-hydrogen) atoms. The number of halogens is 1. The Kier molecular flexibility index (Phi) is 9.25. The Morgan fingerprint density at radius 1 is 0.865 bits per heavy atom. The number of aliphatic carboxylic acids is 1. The summed E-state index contributed by atoms with van der Waals surface area (Å²) in [5.41, 5.74) is 0.765. The second-order valence-electron chi connectivity index (χ2n) is 8.09. The van der Waals surface area contributed by atoms with Crippen LogP contribution < -0.4 is 10.6 Å². The third-order valence-corrected chi connectivity index (χ3v) is 5.37. The number of alkyl carbamates (subject to hydrolysis) is 1. The van der Waals surface area contributed by atoms with Gasteiger partial charge in [-0.15, -0.1) is 0 Å². The number of carboxylic acid groups (broad SMARTS) is 1. The number of amides is 2. The summed E-state index contributed by atoms with van der Waals surface area (Å²) in [4.78, 5) is 47.5. The van der Waals surface area contributed by atoms with Crippen LogP contribution in [0, 0.1) is 15.9 Å². The van der Waals surface area contributed by atoms with Crippen LogP contribution in [0.25, 0.3) is 0 Å². The topological polar surface area (TPSA) is 148 Å². The van der Waals surface area contributed by atoms with Crippen LogP contribution in [0.2, 0.25) is 0 Å². The minimum absolute atomic E-state index is 0.0343. The zero-order valence-electron chi connectivity index (χ0n) is 19.5. The third kappa shape index (κ3) is 8.13. The van der Waals surface area contributed by atoms with Gasteiger partial charge in [-0.3, -0.25) is 14.9 Å². The molecule has 0 heterocycles. The molecule has 0 saturated heterocycles. The lowest BCUT2D eigenvalue weighted by molar-refractivity contribution is -0.387. The first-order valence-electron chi connectivity index (χ1n) is 11.2. The predicted molar refractivity (Wildman–Crippen MR) is 130 cm³/mol. The highest BCUT2D eigenvalue weighted by Gasteiger charge is 2.28. The van der Waals surface area contributed by atoms with Gasteiger partial charge in [0, 0.05) is 18.9 Å². The second-order valence-corrected chi connectivity index (χ2v) is 8.09. The Bertz CT molecular complexity index is 1260. The minimum atomic E-state index is -1.50. The van der Waals surface area contributed by atoms with Gasteiger partial charge in [0.25, 0.3) is 0 Å². The predicted octanol–water partition coefficient (Wildman–Crippen LogP) is 3.38. The highest BCUT2D eigenvalue weighted by Crippen LogP contribution is 2.19. The molecule has 0 radical (unpaired) electrons. The first-order valence-corrected chi connectivity index (χ1v) is 11.2. The molecule has 0 aliphatic heterocycles. The summed E-state index contributed by atoms with van der Waals surface area (Å²) in [6, 6.07) is 17.9. The molecule has 3 aromatic rings. The van der Waals surface area contributed by atoms with Crippen LogP contribution in [-0.4, -0.2) is 40.1 Å². The highest BCUT2D eigenvalue weighted by atomic mass is 19.1. The van der Waals surface area contributed by atoms with E-state index in [-0.39, 0.29) is 25.0 Å². The molecule has 11 heteroatoms. The average Bonchev–Trinajstić information content (AvgIpc) is 2.88. The quantitative estimate of drug-likeness (QED) is 0.265. The van der Waals surface area contributed by atoms with Crippen molar-refractivity contribution in [3.05, 3.63) is 111 Å². The van der Waals surface area contributed by atoms with Crippen LogP contribution in [0.15, 0.2) is 78.9 Å². The van der Waals surface area contributed by atoms with Gasteiger partial charge in [0.05, 0.1) is 4.92 Å². The summed E-state index contributed by atoms with van der Waals surface area (Å²) in [7, 11) is 0. The largest absolute Gasteiger partial charge is 0.480 e. The van der Waals surface area contributed by atoms with Gasteiger partial charge in [-0.25, -0.2) is 9.59 Å². The molecule has 0 unspecified atom stereocenters. The fourth-order valence-corrected chi connectivity index (χ4v) is 3.50. The molecular weight excluding hydrogens is 485 g/mol. The van der Waals surface area contributed by atoms with E-state index >= 15 is 0 Å². The number of nitro groups is 1. The first-order chi connectivity index (χ1) is 17.7. The maximum Gasteiger partial charge on any atom is 0.408 e. The first kappa shape index (κ1) is 26.8. The summed E-state index contributed by atoms with van der Waals surface area (Å²) in [5.74, 6) is -3.28. The van der Waals surface area contributed by atoms with Gasteiger partial charge < -0.3 is 20.5 Å². The van der Waals surface area contributed by atoms with Gasteiger partial charge in [0.15, 0.2) is 0 Å². The highest BCUT2D eigenvalue weighted by molar-refractivity contribution is 5.89. The van der Waals surface area contributed by atoms with Crippen molar-refractivity contribution in [2.75, 3.05) is 0 Å². The number of benzene rings is 3. The number of carboxylic acids is 1. The second kappa shape index (κ2) is 12.8. The third-order valence-electron chi connectivity index (χ3n) is 5.37. The maximum absolute atomic E-state index is 13.7. The molecule has 10 nitrogen and oxygen atoms in total. The van der Waals surface area contributed by atoms with Crippen molar-refractivity contribution in [2.24, 2.45) is 0 Å². The lowest BCUT2D eigenvalue weighted by Gasteiger charge is -2.21. The number of rotatable bonds is 11. The lowest BCUT2D eigenvalue weighted by Crippen LogP contribution is -2.53. The Morgan fingerprint density at radius 2 is 1.46 bits per heavy atom. The van der Waals surface area contributed by atoms with E-state index in [1.54, 1.807) is 54.6 Å². The van der Waals surface area contributed by atoms with Gasteiger partial charge in [-0.2, -0.15) is 4.39 Å². The number of nitro benzene ring substituents is 1. The molecule has 3 N–H and O–H groups in total. The van der Waals surface area contributed by atoms with Crippen molar-refractivity contribution in [1.82, 2.24) is 10.6 Å². The molecular formula is C26H24FN3O7. The van der Waals surface area contributed by atoms with Crippen molar-refractivity contribution in [1.29, 1.82) is 0 Å². The number of hydrogen-bond donors (Lipinski definition) is 3. The minimum Gasteiger partial charge on any atom is -0.480 e. The average molecular weight is 509 g/mol. The van der Waals surface area contributed by atoms with Gasteiger partial charge >= 0.3 is 17.7 Å². The monoisotopic (exact) mass is 509 g/mol. The molecule has 0 saturated carbocycles. The van der Waals surface area contributed by atoms with E-state index in [0.717, 1.165) is 17.7 Å². The van der Waals surface area contributed by atoms with Crippen LogP contribution in [0.5, 0.6) is 0 Å². The molecule has 3 aromatic carbocycles. The Hall–Kier alpha value is -4.80. The smallest absolute Gasteiger partial charge is 0.408 e. The molecule has 2 atom stereocenters. The van der Waals surface area contributed by atoms with E-state index in [1.165, 1.54) is 6.07 Å². The molecule has 3 rings (SSSR count). The van der Waals surface area contributed by atoms with Gasteiger partial charge in [-0.05, 0) is 22.8 Å². The normalized spacial score (nSPS) is 12.1. The van der Waals surface area contributed by atoms with Crippen molar-refractivity contribution in [3.63, 3.8) is 0 Å². The van der Waals surface area contributed by atoms with Crippen LogP contribution in [-0.2, 0) is 33.8 Å². The Morgan fingerprint density at radius 3 is 2.05 bits per heavy atom.